The molecule has 2 aliphatic rings. The summed E-state index contributed by atoms with van der Waals surface area (Å²) in [6, 6.07) is -0.162. The SMILES string of the molecule is COC(=O)CO[C@H]1C[SH]([C@@H]2COC[C@H](n3cc(-c4cncnc4)nn3)[C@H]2O)[C@H](CO)[C@H](O)[C@@H]1n1cc(-c2cc(F)c(F)c(F)c2)nn1. The number of ether oxygens (including phenoxy) is 3. The van der Waals surface area contributed by atoms with E-state index in [1.807, 2.05) is 0 Å². The van der Waals surface area contributed by atoms with Gasteiger partial charge in [0.05, 0.1) is 57.6 Å². The molecule has 15 nitrogen and oxygen atoms in total. The van der Waals surface area contributed by atoms with Crippen LogP contribution in [0.2, 0.25) is 0 Å². The topological polar surface area (TPSA) is 193 Å². The minimum Gasteiger partial charge on any atom is -0.467 e. The zero-order chi connectivity index (χ0) is 33.2. The highest BCUT2D eigenvalue weighted by Crippen LogP contribution is 2.51. The quantitative estimate of drug-likeness (QED) is 0.107. The maximum atomic E-state index is 13.9. The Labute approximate surface area is 267 Å². The summed E-state index contributed by atoms with van der Waals surface area (Å²) in [6.45, 7) is -0.717. The molecule has 2 fully saturated rings. The molecule has 0 aliphatic carbocycles. The largest absolute Gasteiger partial charge is 0.467 e. The number of aromatic nitrogens is 8. The number of benzene rings is 1. The van der Waals surface area contributed by atoms with Gasteiger partial charge < -0.3 is 29.5 Å². The zero-order valence-corrected chi connectivity index (χ0v) is 25.6. The number of carbonyl (C=O) groups excluding carboxylic acids is 1. The van der Waals surface area contributed by atoms with E-state index in [0.717, 1.165) is 12.1 Å². The molecule has 3 N–H and O–H groups in total. The fraction of sp³-hybridized carbons (Fsp3) is 0.464. The van der Waals surface area contributed by atoms with Crippen molar-refractivity contribution in [2.45, 2.75) is 40.9 Å². The molecule has 0 bridgehead atoms. The van der Waals surface area contributed by atoms with Crippen molar-refractivity contribution in [3.05, 3.63) is 60.7 Å². The van der Waals surface area contributed by atoms with Gasteiger partial charge in [0.1, 0.15) is 36.4 Å². The second kappa shape index (κ2) is 14.0. The number of halogens is 3. The van der Waals surface area contributed by atoms with Crippen LogP contribution in [0.3, 0.4) is 0 Å². The molecule has 0 spiro atoms. The third kappa shape index (κ3) is 6.58. The van der Waals surface area contributed by atoms with Crippen molar-refractivity contribution < 1.29 is 47.5 Å². The van der Waals surface area contributed by atoms with Gasteiger partial charge in [-0.15, -0.1) is 10.2 Å². The van der Waals surface area contributed by atoms with Crippen LogP contribution in [0.5, 0.6) is 0 Å². The predicted octanol–water partition coefficient (Wildman–Crippen LogP) is 0.248. The number of thiol groups is 1. The first kappa shape index (κ1) is 32.9. The Morgan fingerprint density at radius 2 is 1.66 bits per heavy atom. The molecule has 1 aromatic carbocycles. The molecular formula is C28H31F3N8O7S. The Morgan fingerprint density at radius 1 is 1.00 bits per heavy atom. The van der Waals surface area contributed by atoms with Crippen LogP contribution in [0, 0.1) is 17.5 Å². The number of carbonyl (C=O) groups is 1. The molecule has 47 heavy (non-hydrogen) atoms. The van der Waals surface area contributed by atoms with E-state index in [2.05, 4.69) is 30.6 Å². The van der Waals surface area contributed by atoms with E-state index in [1.54, 1.807) is 18.6 Å². The summed E-state index contributed by atoms with van der Waals surface area (Å²) in [5.74, 6) is -4.97. The second-order valence-corrected chi connectivity index (χ2v) is 13.8. The molecule has 0 saturated carbocycles. The number of aliphatic hydroxyl groups excluding tert-OH is 3. The molecule has 2 aliphatic heterocycles. The molecule has 2 saturated heterocycles. The van der Waals surface area contributed by atoms with E-state index >= 15 is 0 Å². The van der Waals surface area contributed by atoms with Crippen LogP contribution in [0.25, 0.3) is 22.5 Å². The lowest BCUT2D eigenvalue weighted by Crippen LogP contribution is -2.56. The van der Waals surface area contributed by atoms with Crippen molar-refractivity contribution in [1.82, 2.24) is 40.0 Å². The van der Waals surface area contributed by atoms with Crippen molar-refractivity contribution in [3.8, 4) is 22.5 Å². The van der Waals surface area contributed by atoms with Gasteiger partial charge in [-0.25, -0.2) is 48.2 Å². The summed E-state index contributed by atoms with van der Waals surface area (Å²) in [6.07, 6.45) is 4.19. The molecule has 4 aromatic rings. The standard InChI is InChI=1S/C28H31F3N8O7S/c1-44-24(41)11-46-21-12-47(23-10-45-9-20(27(23)42)38-6-19(35-36-38)15-4-32-13-33-5-15)22(8-40)28(43)26(21)39-7-18(34-37-39)14-2-16(29)25(31)17(30)3-14/h2-7,13,20-23,26-28,40,42-43,47H,8-12H2,1H3/t20-,21-,22+,23+,26+,27+,28-/m0/s1. The Morgan fingerprint density at radius 3 is 2.34 bits per heavy atom. The summed E-state index contributed by atoms with van der Waals surface area (Å²) < 4.78 is 60.7. The highest BCUT2D eigenvalue weighted by Gasteiger charge is 2.50. The Balaban J connectivity index is 1.28. The first-order chi connectivity index (χ1) is 22.7. The van der Waals surface area contributed by atoms with E-state index in [9.17, 15) is 33.3 Å². The summed E-state index contributed by atoms with van der Waals surface area (Å²) >= 11 is 0. The van der Waals surface area contributed by atoms with Crippen molar-refractivity contribution in [2.75, 3.05) is 39.3 Å². The number of esters is 1. The summed E-state index contributed by atoms with van der Waals surface area (Å²) in [5.41, 5.74) is 0.993. The van der Waals surface area contributed by atoms with Crippen molar-refractivity contribution >= 4 is 16.9 Å². The average Bonchev–Trinajstić information content (AvgIpc) is 3.77. The monoisotopic (exact) mass is 680 g/mol. The Bertz CT molecular complexity index is 1680. The van der Waals surface area contributed by atoms with Gasteiger partial charge in [-0.1, -0.05) is 10.4 Å². The van der Waals surface area contributed by atoms with Crippen LogP contribution in [-0.4, -0.2) is 129 Å². The molecule has 8 atom stereocenters. The molecular weight excluding hydrogens is 649 g/mol. The normalized spacial score (nSPS) is 28.7. The highest BCUT2D eigenvalue weighted by atomic mass is 32.2. The lowest BCUT2D eigenvalue weighted by molar-refractivity contribution is -0.149. The summed E-state index contributed by atoms with van der Waals surface area (Å²) in [7, 11) is -0.274. The van der Waals surface area contributed by atoms with Crippen LogP contribution >= 0.6 is 10.9 Å². The van der Waals surface area contributed by atoms with E-state index in [0.29, 0.717) is 11.3 Å². The Hall–Kier alpha value is -4.01. The third-order valence-electron chi connectivity index (χ3n) is 8.37. The zero-order valence-electron chi connectivity index (χ0n) is 24.8. The molecule has 0 amide bonds. The van der Waals surface area contributed by atoms with Gasteiger partial charge in [-0.3, -0.25) is 0 Å². The van der Waals surface area contributed by atoms with Gasteiger partial charge in [0, 0.05) is 39.8 Å². The second-order valence-electron chi connectivity index (χ2n) is 11.1. The molecule has 5 heterocycles. The van der Waals surface area contributed by atoms with Crippen LogP contribution in [-0.2, 0) is 19.0 Å². The highest BCUT2D eigenvalue weighted by molar-refractivity contribution is 8.18. The van der Waals surface area contributed by atoms with E-state index in [-0.39, 0.29) is 30.2 Å². The third-order valence-corrected chi connectivity index (χ3v) is 11.8. The van der Waals surface area contributed by atoms with Crippen LogP contribution in [0.15, 0.2) is 43.2 Å². The van der Waals surface area contributed by atoms with Gasteiger partial charge in [-0.05, 0) is 12.1 Å². The van der Waals surface area contributed by atoms with E-state index < -0.39 is 88.4 Å². The van der Waals surface area contributed by atoms with Gasteiger partial charge in [0.15, 0.2) is 17.5 Å². The van der Waals surface area contributed by atoms with Crippen LogP contribution in [0.1, 0.15) is 12.1 Å². The fourth-order valence-electron chi connectivity index (χ4n) is 5.95. The molecule has 6 rings (SSSR count). The number of aliphatic hydroxyl groups is 3. The molecule has 252 valence electrons. The number of methoxy groups -OCH3 is 1. The molecule has 1 unspecified atom stereocenters. The number of hydrogen-bond donors (Lipinski definition) is 4. The van der Waals surface area contributed by atoms with Crippen molar-refractivity contribution in [1.29, 1.82) is 0 Å². The number of hydrogen-bond acceptors (Lipinski definition) is 13. The lowest BCUT2D eigenvalue weighted by Gasteiger charge is -2.51. The molecule has 3 aromatic heterocycles. The maximum Gasteiger partial charge on any atom is 0.331 e. The maximum absolute atomic E-state index is 13.9. The van der Waals surface area contributed by atoms with Gasteiger partial charge in [0.2, 0.25) is 0 Å². The van der Waals surface area contributed by atoms with Gasteiger partial charge in [0.25, 0.3) is 0 Å². The van der Waals surface area contributed by atoms with Crippen LogP contribution in [0.4, 0.5) is 13.2 Å². The van der Waals surface area contributed by atoms with Crippen molar-refractivity contribution in [3.63, 3.8) is 0 Å². The molecule has 19 heteroatoms. The van der Waals surface area contributed by atoms with Gasteiger partial charge in [-0.2, -0.15) is 0 Å². The average molecular weight is 681 g/mol. The predicted molar refractivity (Wildman–Crippen MR) is 158 cm³/mol. The first-order valence-electron chi connectivity index (χ1n) is 14.4. The van der Waals surface area contributed by atoms with E-state index in [1.165, 1.54) is 29.0 Å². The summed E-state index contributed by atoms with van der Waals surface area (Å²) in [4.78, 5) is 20.0. The minimum absolute atomic E-state index is 0.0247. The molecule has 0 radical (unpaired) electrons. The number of rotatable bonds is 9. The lowest BCUT2D eigenvalue weighted by atomic mass is 10.0. The number of nitrogens with zero attached hydrogens (tertiary/aromatic N) is 8. The van der Waals surface area contributed by atoms with Gasteiger partial charge >= 0.3 is 5.97 Å². The van der Waals surface area contributed by atoms with E-state index in [4.69, 9.17) is 14.2 Å². The fourth-order valence-corrected chi connectivity index (χ4v) is 9.39. The minimum atomic E-state index is -1.63. The smallest absolute Gasteiger partial charge is 0.331 e. The van der Waals surface area contributed by atoms with Crippen LogP contribution < -0.4 is 0 Å². The first-order valence-corrected chi connectivity index (χ1v) is 16.1. The summed E-state index contributed by atoms with van der Waals surface area (Å²) in [5, 5.41) is 48.9. The van der Waals surface area contributed by atoms with Crippen molar-refractivity contribution in [2.24, 2.45) is 0 Å². The Kier molecular flexibility index (Phi) is 9.80.